The molecule has 1 unspecified atom stereocenters. The minimum absolute atomic E-state index is 0.340. The number of aromatic nitrogens is 3. The maximum Gasteiger partial charge on any atom is 0.145 e. The van der Waals surface area contributed by atoms with Crippen molar-refractivity contribution in [2.75, 3.05) is 42.9 Å². The summed E-state index contributed by atoms with van der Waals surface area (Å²) in [4.78, 5) is 17.9. The molecule has 1 saturated heterocycles. The minimum Gasteiger partial charge on any atom is -0.365 e. The summed E-state index contributed by atoms with van der Waals surface area (Å²) in [7, 11) is 0. The predicted octanol–water partition coefficient (Wildman–Crippen LogP) is 1.80. The molecule has 0 aliphatic carbocycles. The average molecular weight is 312 g/mol. The fourth-order valence-corrected chi connectivity index (χ4v) is 2.92. The monoisotopic (exact) mass is 312 g/mol. The molecule has 1 fully saturated rings. The Morgan fingerprint density at radius 2 is 2.00 bits per heavy atom. The Labute approximate surface area is 137 Å². The fourth-order valence-electron chi connectivity index (χ4n) is 2.92. The van der Waals surface area contributed by atoms with Gasteiger partial charge in [0.1, 0.15) is 11.6 Å². The lowest BCUT2D eigenvalue weighted by molar-refractivity contribution is 0.250. The Morgan fingerprint density at radius 3 is 2.70 bits per heavy atom. The summed E-state index contributed by atoms with van der Waals surface area (Å²) < 4.78 is 0. The molecular formula is C17H24N6. The SMILES string of the molecule is Cc1cncc(NC(C)CN2CCN(c3ccccn3)CC2)n1. The van der Waals surface area contributed by atoms with E-state index in [4.69, 9.17) is 0 Å². The molecule has 0 amide bonds. The minimum atomic E-state index is 0.340. The highest BCUT2D eigenvalue weighted by atomic mass is 15.3. The van der Waals surface area contributed by atoms with Gasteiger partial charge in [-0.3, -0.25) is 9.88 Å². The summed E-state index contributed by atoms with van der Waals surface area (Å²) in [5, 5.41) is 3.43. The molecule has 1 N–H and O–H groups in total. The third kappa shape index (κ3) is 4.39. The van der Waals surface area contributed by atoms with Crippen LogP contribution in [0.15, 0.2) is 36.8 Å². The van der Waals surface area contributed by atoms with Crippen LogP contribution in [0.4, 0.5) is 11.6 Å². The van der Waals surface area contributed by atoms with Crippen molar-refractivity contribution < 1.29 is 0 Å². The highest BCUT2D eigenvalue weighted by molar-refractivity contribution is 5.38. The highest BCUT2D eigenvalue weighted by Gasteiger charge is 2.19. The predicted molar refractivity (Wildman–Crippen MR) is 92.7 cm³/mol. The van der Waals surface area contributed by atoms with Gasteiger partial charge in [0.25, 0.3) is 0 Å². The lowest BCUT2D eigenvalue weighted by Gasteiger charge is -2.36. The second-order valence-corrected chi connectivity index (χ2v) is 6.07. The Bertz CT molecular complexity index is 609. The van der Waals surface area contributed by atoms with Crippen LogP contribution in [0.25, 0.3) is 0 Å². The molecule has 3 heterocycles. The number of rotatable bonds is 5. The number of pyridine rings is 1. The Kier molecular flexibility index (Phi) is 5.02. The van der Waals surface area contributed by atoms with Crippen LogP contribution in [0.3, 0.4) is 0 Å². The van der Waals surface area contributed by atoms with Crippen molar-refractivity contribution in [1.82, 2.24) is 19.9 Å². The molecule has 23 heavy (non-hydrogen) atoms. The molecule has 0 spiro atoms. The smallest absolute Gasteiger partial charge is 0.145 e. The Balaban J connectivity index is 1.47. The summed E-state index contributed by atoms with van der Waals surface area (Å²) in [5.41, 5.74) is 0.936. The van der Waals surface area contributed by atoms with Gasteiger partial charge in [-0.25, -0.2) is 9.97 Å². The van der Waals surface area contributed by atoms with Crippen molar-refractivity contribution in [2.45, 2.75) is 19.9 Å². The van der Waals surface area contributed by atoms with Gasteiger partial charge >= 0.3 is 0 Å². The molecule has 1 aliphatic heterocycles. The molecular weight excluding hydrogens is 288 g/mol. The van der Waals surface area contributed by atoms with Crippen molar-refractivity contribution in [3.8, 4) is 0 Å². The standard InChI is InChI=1S/C17H24N6/c1-14-11-18-12-16(20-14)21-15(2)13-22-7-9-23(10-8-22)17-5-3-4-6-19-17/h3-6,11-12,15H,7-10,13H2,1-2H3,(H,20,21). The van der Waals surface area contributed by atoms with Crippen molar-refractivity contribution in [1.29, 1.82) is 0 Å². The zero-order valence-corrected chi connectivity index (χ0v) is 13.8. The van der Waals surface area contributed by atoms with E-state index in [0.29, 0.717) is 6.04 Å². The molecule has 2 aromatic heterocycles. The number of nitrogens with zero attached hydrogens (tertiary/aromatic N) is 5. The molecule has 0 radical (unpaired) electrons. The van der Waals surface area contributed by atoms with Gasteiger partial charge in [0.05, 0.1) is 11.9 Å². The van der Waals surface area contributed by atoms with Gasteiger partial charge in [-0.2, -0.15) is 0 Å². The van der Waals surface area contributed by atoms with E-state index < -0.39 is 0 Å². The molecule has 6 heteroatoms. The zero-order chi connectivity index (χ0) is 16.1. The molecule has 122 valence electrons. The van der Waals surface area contributed by atoms with Gasteiger partial charge in [0, 0.05) is 51.2 Å². The van der Waals surface area contributed by atoms with E-state index in [1.54, 1.807) is 12.4 Å². The number of aryl methyl sites for hydroxylation is 1. The number of piperazine rings is 1. The van der Waals surface area contributed by atoms with Gasteiger partial charge in [-0.05, 0) is 26.0 Å². The highest BCUT2D eigenvalue weighted by Crippen LogP contribution is 2.13. The Hall–Kier alpha value is -2.21. The third-order valence-corrected chi connectivity index (χ3v) is 4.03. The first-order chi connectivity index (χ1) is 11.2. The van der Waals surface area contributed by atoms with Crippen molar-refractivity contribution in [2.24, 2.45) is 0 Å². The van der Waals surface area contributed by atoms with E-state index in [9.17, 15) is 0 Å². The first-order valence-electron chi connectivity index (χ1n) is 8.14. The quantitative estimate of drug-likeness (QED) is 0.908. The maximum atomic E-state index is 4.45. The van der Waals surface area contributed by atoms with E-state index in [1.807, 2.05) is 25.3 Å². The Morgan fingerprint density at radius 1 is 1.17 bits per heavy atom. The van der Waals surface area contributed by atoms with Crippen molar-refractivity contribution in [3.05, 3.63) is 42.5 Å². The van der Waals surface area contributed by atoms with Crippen LogP contribution >= 0.6 is 0 Å². The normalized spacial score (nSPS) is 17.0. The van der Waals surface area contributed by atoms with E-state index in [0.717, 1.165) is 50.1 Å². The number of nitrogens with one attached hydrogen (secondary N) is 1. The molecule has 0 bridgehead atoms. The van der Waals surface area contributed by atoms with Crippen LogP contribution in [0, 0.1) is 6.92 Å². The van der Waals surface area contributed by atoms with Crippen LogP contribution in [0.1, 0.15) is 12.6 Å². The van der Waals surface area contributed by atoms with Gasteiger partial charge in [0.2, 0.25) is 0 Å². The van der Waals surface area contributed by atoms with Gasteiger partial charge < -0.3 is 10.2 Å². The molecule has 6 nitrogen and oxygen atoms in total. The van der Waals surface area contributed by atoms with Crippen LogP contribution in [-0.2, 0) is 0 Å². The average Bonchev–Trinajstić information content (AvgIpc) is 2.56. The van der Waals surface area contributed by atoms with Crippen LogP contribution in [0.5, 0.6) is 0 Å². The molecule has 3 rings (SSSR count). The fraction of sp³-hybridized carbons (Fsp3) is 0.471. The summed E-state index contributed by atoms with van der Waals surface area (Å²) >= 11 is 0. The van der Waals surface area contributed by atoms with E-state index in [2.05, 4.69) is 43.1 Å². The largest absolute Gasteiger partial charge is 0.365 e. The number of anilines is 2. The van der Waals surface area contributed by atoms with E-state index in [-0.39, 0.29) is 0 Å². The number of hydrogen-bond donors (Lipinski definition) is 1. The van der Waals surface area contributed by atoms with Crippen molar-refractivity contribution >= 4 is 11.6 Å². The first-order valence-corrected chi connectivity index (χ1v) is 8.14. The second kappa shape index (κ2) is 7.37. The lowest BCUT2D eigenvalue weighted by Crippen LogP contribution is -2.49. The summed E-state index contributed by atoms with van der Waals surface area (Å²) in [6.07, 6.45) is 5.41. The summed E-state index contributed by atoms with van der Waals surface area (Å²) in [6.45, 7) is 9.31. The topological polar surface area (TPSA) is 57.2 Å². The van der Waals surface area contributed by atoms with Crippen LogP contribution in [0.2, 0.25) is 0 Å². The van der Waals surface area contributed by atoms with Crippen LogP contribution < -0.4 is 10.2 Å². The molecule has 1 atom stereocenters. The maximum absolute atomic E-state index is 4.45. The molecule has 2 aromatic rings. The second-order valence-electron chi connectivity index (χ2n) is 6.07. The van der Waals surface area contributed by atoms with Gasteiger partial charge in [-0.1, -0.05) is 6.07 Å². The third-order valence-electron chi connectivity index (χ3n) is 4.03. The van der Waals surface area contributed by atoms with Crippen LogP contribution in [-0.4, -0.2) is 58.6 Å². The first kappa shape index (κ1) is 15.7. The summed E-state index contributed by atoms with van der Waals surface area (Å²) in [6, 6.07) is 6.42. The zero-order valence-electron chi connectivity index (χ0n) is 13.8. The number of hydrogen-bond acceptors (Lipinski definition) is 6. The summed E-state index contributed by atoms with van der Waals surface area (Å²) in [5.74, 6) is 1.93. The van der Waals surface area contributed by atoms with E-state index in [1.165, 1.54) is 0 Å². The van der Waals surface area contributed by atoms with Crippen molar-refractivity contribution in [3.63, 3.8) is 0 Å². The van der Waals surface area contributed by atoms with E-state index >= 15 is 0 Å². The lowest BCUT2D eigenvalue weighted by atomic mass is 10.2. The van der Waals surface area contributed by atoms with Gasteiger partial charge in [-0.15, -0.1) is 0 Å². The molecule has 1 aliphatic rings. The van der Waals surface area contributed by atoms with Gasteiger partial charge in [0.15, 0.2) is 0 Å². The molecule has 0 saturated carbocycles. The molecule has 0 aromatic carbocycles.